The Morgan fingerprint density at radius 1 is 1.52 bits per heavy atom. The van der Waals surface area contributed by atoms with E-state index in [0.29, 0.717) is 22.8 Å². The van der Waals surface area contributed by atoms with Gasteiger partial charge in [-0.3, -0.25) is 9.69 Å². The SMILES string of the molecule is CCOc1cc(/C=C2\SC(=S)N([C@@H](C)C(=O)O)C2=O)ccc1O. The van der Waals surface area contributed by atoms with Gasteiger partial charge in [-0.25, -0.2) is 4.79 Å². The van der Waals surface area contributed by atoms with Crippen LogP contribution in [0.25, 0.3) is 6.08 Å². The van der Waals surface area contributed by atoms with Gasteiger partial charge in [0.05, 0.1) is 11.5 Å². The van der Waals surface area contributed by atoms with E-state index >= 15 is 0 Å². The first kappa shape index (κ1) is 17.3. The maximum atomic E-state index is 12.3. The Kier molecular flexibility index (Phi) is 5.27. The van der Waals surface area contributed by atoms with Crippen LogP contribution in [-0.2, 0) is 9.59 Å². The number of thioether (sulfide) groups is 1. The molecule has 0 aromatic heterocycles. The number of rotatable bonds is 5. The van der Waals surface area contributed by atoms with E-state index in [-0.39, 0.29) is 10.1 Å². The van der Waals surface area contributed by atoms with Crippen molar-refractivity contribution < 1.29 is 24.5 Å². The monoisotopic (exact) mass is 353 g/mol. The van der Waals surface area contributed by atoms with Gasteiger partial charge < -0.3 is 14.9 Å². The highest BCUT2D eigenvalue weighted by atomic mass is 32.2. The van der Waals surface area contributed by atoms with Crippen LogP contribution in [0.2, 0.25) is 0 Å². The summed E-state index contributed by atoms with van der Waals surface area (Å²) in [5.41, 5.74) is 0.648. The van der Waals surface area contributed by atoms with Gasteiger partial charge in [0.15, 0.2) is 11.5 Å². The molecule has 8 heteroatoms. The molecule has 0 unspecified atom stereocenters. The highest BCUT2D eigenvalue weighted by Crippen LogP contribution is 2.35. The normalized spacial score (nSPS) is 17.7. The lowest BCUT2D eigenvalue weighted by molar-refractivity contribution is -0.144. The molecule has 1 aliphatic heterocycles. The number of ether oxygens (including phenoxy) is 1. The van der Waals surface area contributed by atoms with Crippen LogP contribution < -0.4 is 4.74 Å². The highest BCUT2D eigenvalue weighted by molar-refractivity contribution is 8.26. The van der Waals surface area contributed by atoms with Crippen molar-refractivity contribution in [3.8, 4) is 11.5 Å². The molecule has 1 saturated heterocycles. The molecule has 1 atom stereocenters. The van der Waals surface area contributed by atoms with Gasteiger partial charge in [-0.1, -0.05) is 30.0 Å². The Hall–Kier alpha value is -2.06. The van der Waals surface area contributed by atoms with E-state index in [1.807, 2.05) is 0 Å². The fourth-order valence-electron chi connectivity index (χ4n) is 1.97. The Morgan fingerprint density at radius 2 is 2.22 bits per heavy atom. The average molecular weight is 353 g/mol. The molecule has 2 N–H and O–H groups in total. The van der Waals surface area contributed by atoms with Crippen LogP contribution in [-0.4, -0.2) is 44.0 Å². The second-order valence-corrected chi connectivity index (χ2v) is 6.40. The zero-order valence-corrected chi connectivity index (χ0v) is 14.1. The summed E-state index contributed by atoms with van der Waals surface area (Å²) in [6.45, 7) is 3.60. The van der Waals surface area contributed by atoms with Crippen LogP contribution in [0, 0.1) is 0 Å². The first-order valence-electron chi connectivity index (χ1n) is 6.80. The smallest absolute Gasteiger partial charge is 0.326 e. The molecule has 1 aliphatic rings. The number of aromatic hydroxyl groups is 1. The quantitative estimate of drug-likeness (QED) is 0.621. The topological polar surface area (TPSA) is 87.1 Å². The fraction of sp³-hybridized carbons (Fsp3) is 0.267. The number of carbonyl (C=O) groups is 2. The van der Waals surface area contributed by atoms with Crippen molar-refractivity contribution in [1.29, 1.82) is 0 Å². The van der Waals surface area contributed by atoms with Gasteiger partial charge in [-0.05, 0) is 37.6 Å². The zero-order valence-electron chi connectivity index (χ0n) is 12.5. The molecule has 122 valence electrons. The third-order valence-electron chi connectivity index (χ3n) is 3.15. The molecule has 0 radical (unpaired) electrons. The maximum absolute atomic E-state index is 12.3. The molecule has 1 heterocycles. The number of carboxylic acids is 1. The Bertz CT molecular complexity index is 701. The number of benzene rings is 1. The summed E-state index contributed by atoms with van der Waals surface area (Å²) in [6, 6.07) is 3.68. The van der Waals surface area contributed by atoms with E-state index in [2.05, 4.69) is 0 Å². The van der Waals surface area contributed by atoms with Crippen molar-refractivity contribution >= 4 is 46.3 Å². The average Bonchev–Trinajstić information content (AvgIpc) is 2.76. The third kappa shape index (κ3) is 3.65. The lowest BCUT2D eigenvalue weighted by Gasteiger charge is -2.18. The molecule has 0 aliphatic carbocycles. The van der Waals surface area contributed by atoms with Crippen LogP contribution in [0.15, 0.2) is 23.1 Å². The predicted octanol–water partition coefficient (Wildman–Crippen LogP) is 2.47. The molecule has 2 rings (SSSR count). The summed E-state index contributed by atoms with van der Waals surface area (Å²) < 4.78 is 5.50. The number of nitrogens with zero attached hydrogens (tertiary/aromatic N) is 1. The Morgan fingerprint density at radius 3 is 2.83 bits per heavy atom. The maximum Gasteiger partial charge on any atom is 0.326 e. The van der Waals surface area contributed by atoms with Crippen LogP contribution in [0.5, 0.6) is 11.5 Å². The molecule has 1 amide bonds. The molecule has 1 aromatic carbocycles. The van der Waals surface area contributed by atoms with E-state index in [4.69, 9.17) is 22.1 Å². The molecule has 6 nitrogen and oxygen atoms in total. The van der Waals surface area contributed by atoms with Crippen LogP contribution in [0.3, 0.4) is 0 Å². The molecule has 1 fully saturated rings. The van der Waals surface area contributed by atoms with Gasteiger partial charge in [0.2, 0.25) is 0 Å². The van der Waals surface area contributed by atoms with Gasteiger partial charge in [-0.2, -0.15) is 0 Å². The van der Waals surface area contributed by atoms with Crippen molar-refractivity contribution in [2.24, 2.45) is 0 Å². The zero-order chi connectivity index (χ0) is 17.1. The summed E-state index contributed by atoms with van der Waals surface area (Å²) in [5, 5.41) is 18.7. The fourth-order valence-corrected chi connectivity index (χ4v) is 3.39. The van der Waals surface area contributed by atoms with Crippen LogP contribution in [0.4, 0.5) is 0 Å². The summed E-state index contributed by atoms with van der Waals surface area (Å²) in [7, 11) is 0. The lowest BCUT2D eigenvalue weighted by atomic mass is 10.2. The van der Waals surface area contributed by atoms with Crippen molar-refractivity contribution in [3.05, 3.63) is 28.7 Å². The Labute approximate surface area is 142 Å². The minimum absolute atomic E-state index is 0.0102. The highest BCUT2D eigenvalue weighted by Gasteiger charge is 2.38. The van der Waals surface area contributed by atoms with Gasteiger partial charge in [0.25, 0.3) is 5.91 Å². The van der Waals surface area contributed by atoms with E-state index in [9.17, 15) is 14.7 Å². The van der Waals surface area contributed by atoms with E-state index in [1.165, 1.54) is 13.0 Å². The number of thiocarbonyl (C=S) groups is 1. The molecule has 0 saturated carbocycles. The molecule has 23 heavy (non-hydrogen) atoms. The van der Waals surface area contributed by atoms with Crippen molar-refractivity contribution in [2.45, 2.75) is 19.9 Å². The Balaban J connectivity index is 2.31. The van der Waals surface area contributed by atoms with Crippen LogP contribution in [0.1, 0.15) is 19.4 Å². The number of amides is 1. The summed E-state index contributed by atoms with van der Waals surface area (Å²) in [5.74, 6) is -1.24. The molecular formula is C15H15NO5S2. The van der Waals surface area contributed by atoms with Gasteiger partial charge >= 0.3 is 5.97 Å². The van der Waals surface area contributed by atoms with Gasteiger partial charge in [0, 0.05) is 0 Å². The first-order chi connectivity index (χ1) is 10.8. The van der Waals surface area contributed by atoms with Gasteiger partial charge in [0.1, 0.15) is 10.4 Å². The second-order valence-electron chi connectivity index (χ2n) is 4.73. The predicted molar refractivity (Wildman–Crippen MR) is 91.4 cm³/mol. The van der Waals surface area contributed by atoms with Crippen LogP contribution >= 0.6 is 24.0 Å². The first-order valence-corrected chi connectivity index (χ1v) is 8.03. The lowest BCUT2D eigenvalue weighted by Crippen LogP contribution is -2.41. The molecular weight excluding hydrogens is 338 g/mol. The molecule has 0 bridgehead atoms. The minimum atomic E-state index is -1.12. The number of phenolic OH excluding ortho intramolecular Hbond substituents is 1. The van der Waals surface area contributed by atoms with E-state index in [1.54, 1.807) is 25.1 Å². The number of phenols is 1. The van der Waals surface area contributed by atoms with Gasteiger partial charge in [-0.15, -0.1) is 0 Å². The standard InChI is InChI=1S/C15H15NO5S2/c1-3-21-11-6-9(4-5-10(11)17)7-12-13(18)16(15(22)23-12)8(2)14(19)20/h4-8,17H,3H2,1-2H3,(H,19,20)/b12-7-/t8-/m0/s1. The largest absolute Gasteiger partial charge is 0.504 e. The minimum Gasteiger partial charge on any atom is -0.504 e. The number of carboxylic acid groups (broad SMARTS) is 1. The summed E-state index contributed by atoms with van der Waals surface area (Å²) in [6.07, 6.45) is 1.59. The molecule has 0 spiro atoms. The summed E-state index contributed by atoms with van der Waals surface area (Å²) in [4.78, 5) is 24.8. The molecule has 1 aromatic rings. The van der Waals surface area contributed by atoms with Crippen molar-refractivity contribution in [3.63, 3.8) is 0 Å². The van der Waals surface area contributed by atoms with E-state index in [0.717, 1.165) is 16.7 Å². The van der Waals surface area contributed by atoms with E-state index < -0.39 is 17.9 Å². The number of hydrogen-bond acceptors (Lipinski definition) is 6. The number of carbonyl (C=O) groups excluding carboxylic acids is 1. The number of aliphatic carboxylic acids is 1. The number of hydrogen-bond donors (Lipinski definition) is 2. The second kappa shape index (κ2) is 7.01. The third-order valence-corrected chi connectivity index (χ3v) is 4.48. The summed E-state index contributed by atoms with van der Waals surface area (Å²) >= 11 is 6.14. The van der Waals surface area contributed by atoms with Crippen molar-refractivity contribution in [2.75, 3.05) is 6.61 Å². The van der Waals surface area contributed by atoms with Crippen molar-refractivity contribution in [1.82, 2.24) is 4.90 Å².